The third kappa shape index (κ3) is 7.09. The Morgan fingerprint density at radius 2 is 1.57 bits per heavy atom. The number of rotatable bonds is 10. The van der Waals surface area contributed by atoms with E-state index >= 15 is 0 Å². The number of aliphatic hydroxyl groups is 1. The third-order valence-corrected chi connectivity index (χ3v) is 3.69. The minimum absolute atomic E-state index is 0.201. The zero-order valence-electron chi connectivity index (χ0n) is 14.0. The third-order valence-electron chi connectivity index (χ3n) is 3.69. The molecule has 0 saturated carbocycles. The van der Waals surface area contributed by atoms with E-state index in [0.717, 1.165) is 18.4 Å². The molecule has 0 aliphatic heterocycles. The summed E-state index contributed by atoms with van der Waals surface area (Å²) in [6, 6.07) is 0. The van der Waals surface area contributed by atoms with Crippen molar-refractivity contribution in [1.29, 1.82) is 0 Å². The van der Waals surface area contributed by atoms with Crippen molar-refractivity contribution in [3.63, 3.8) is 0 Å². The van der Waals surface area contributed by atoms with Crippen molar-refractivity contribution >= 4 is 0 Å². The predicted octanol–water partition coefficient (Wildman–Crippen LogP) is 6.67. The van der Waals surface area contributed by atoms with Crippen molar-refractivity contribution in [2.24, 2.45) is 11.8 Å². The van der Waals surface area contributed by atoms with Gasteiger partial charge in [-0.05, 0) is 30.3 Å². The van der Waals surface area contributed by atoms with Gasteiger partial charge in [0.15, 0.2) is 11.7 Å². The van der Waals surface area contributed by atoms with Crippen LogP contribution >= 0.6 is 0 Å². The molecular formula is C20H26F2O. The molecule has 0 fully saturated rings. The molecule has 0 aromatic carbocycles. The van der Waals surface area contributed by atoms with Crippen LogP contribution in [0.4, 0.5) is 8.78 Å². The second-order valence-corrected chi connectivity index (χ2v) is 5.68. The Morgan fingerprint density at radius 1 is 1.00 bits per heavy atom. The fraction of sp³-hybridized carbons (Fsp3) is 0.300. The molecule has 2 atom stereocenters. The van der Waals surface area contributed by atoms with E-state index in [-0.39, 0.29) is 17.1 Å². The molecule has 3 heteroatoms. The first-order chi connectivity index (χ1) is 10.6. The summed E-state index contributed by atoms with van der Waals surface area (Å²) in [6.45, 7) is 21.9. The minimum atomic E-state index is -1.44. The lowest BCUT2D eigenvalue weighted by molar-refractivity contribution is 0.381. The van der Waals surface area contributed by atoms with Crippen molar-refractivity contribution in [2.75, 3.05) is 0 Å². The van der Waals surface area contributed by atoms with E-state index in [4.69, 9.17) is 5.11 Å². The van der Waals surface area contributed by atoms with E-state index in [1.165, 1.54) is 6.08 Å². The lowest BCUT2D eigenvalue weighted by Crippen LogP contribution is -2.00. The van der Waals surface area contributed by atoms with Crippen LogP contribution in [0.25, 0.3) is 0 Å². The monoisotopic (exact) mass is 320 g/mol. The van der Waals surface area contributed by atoms with Gasteiger partial charge >= 0.3 is 0 Å². The summed E-state index contributed by atoms with van der Waals surface area (Å²) in [5.41, 5.74) is 0.827. The van der Waals surface area contributed by atoms with E-state index in [1.807, 2.05) is 6.08 Å². The maximum absolute atomic E-state index is 13.7. The molecule has 0 radical (unpaired) electrons. The molecule has 0 aliphatic carbocycles. The van der Waals surface area contributed by atoms with Gasteiger partial charge in [-0.2, -0.15) is 4.39 Å². The number of hydrogen-bond donors (Lipinski definition) is 1. The number of halogens is 2. The van der Waals surface area contributed by atoms with Crippen molar-refractivity contribution in [1.82, 2.24) is 0 Å². The van der Waals surface area contributed by atoms with Gasteiger partial charge < -0.3 is 5.11 Å². The smallest absolute Gasteiger partial charge is 0.200 e. The van der Waals surface area contributed by atoms with Gasteiger partial charge in [0.1, 0.15) is 5.76 Å². The van der Waals surface area contributed by atoms with Crippen molar-refractivity contribution in [2.45, 2.75) is 26.7 Å². The summed E-state index contributed by atoms with van der Waals surface area (Å²) in [4.78, 5) is 0. The summed E-state index contributed by atoms with van der Waals surface area (Å²) in [6.07, 6.45) is 7.13. The molecule has 0 spiro atoms. The van der Waals surface area contributed by atoms with E-state index in [1.54, 1.807) is 6.08 Å². The summed E-state index contributed by atoms with van der Waals surface area (Å²) >= 11 is 0. The van der Waals surface area contributed by atoms with Crippen molar-refractivity contribution < 1.29 is 13.9 Å². The molecule has 2 unspecified atom stereocenters. The Hall–Kier alpha value is -2.16. The Kier molecular flexibility index (Phi) is 8.86. The summed E-state index contributed by atoms with van der Waals surface area (Å²) in [5.74, 6) is -2.99. The van der Waals surface area contributed by atoms with Crippen LogP contribution in [0.3, 0.4) is 0 Å². The largest absolute Gasteiger partial charge is 0.505 e. The summed E-state index contributed by atoms with van der Waals surface area (Å²) in [7, 11) is 0. The van der Waals surface area contributed by atoms with Crippen LogP contribution in [-0.4, -0.2) is 5.11 Å². The van der Waals surface area contributed by atoms with Crippen LogP contribution in [0.5, 0.6) is 0 Å². The molecule has 126 valence electrons. The lowest BCUT2D eigenvalue weighted by Gasteiger charge is -2.13. The van der Waals surface area contributed by atoms with Gasteiger partial charge in [-0.1, -0.05) is 64.0 Å². The van der Waals surface area contributed by atoms with Gasteiger partial charge in [0.2, 0.25) is 0 Å². The standard InChI is InChI=1S/C20H26F2O/c1-8-13(2)9-10-14(3)15(4)11-12-16(5)17(6)19(21)20(22)18(7)23/h8,11-14,23H,1,4-7,9-10H2,2-3H3/b12-11-,20-19-. The van der Waals surface area contributed by atoms with Gasteiger partial charge in [-0.15, -0.1) is 6.58 Å². The van der Waals surface area contributed by atoms with Gasteiger partial charge in [-0.25, -0.2) is 4.39 Å². The van der Waals surface area contributed by atoms with E-state index in [2.05, 4.69) is 46.7 Å². The molecule has 0 bridgehead atoms. The quantitative estimate of drug-likeness (QED) is 0.271. The van der Waals surface area contributed by atoms with Crippen LogP contribution < -0.4 is 0 Å². The molecule has 0 amide bonds. The van der Waals surface area contributed by atoms with Gasteiger partial charge in [0.25, 0.3) is 0 Å². The highest BCUT2D eigenvalue weighted by Gasteiger charge is 2.14. The molecule has 0 aromatic rings. The summed E-state index contributed by atoms with van der Waals surface area (Å²) in [5, 5.41) is 8.86. The molecule has 0 aromatic heterocycles. The maximum Gasteiger partial charge on any atom is 0.200 e. The zero-order chi connectivity index (χ0) is 18.2. The Labute approximate surface area is 138 Å². The van der Waals surface area contributed by atoms with E-state index in [0.29, 0.717) is 5.92 Å². The van der Waals surface area contributed by atoms with Crippen LogP contribution in [0.15, 0.2) is 85.3 Å². The molecule has 0 rings (SSSR count). The first kappa shape index (κ1) is 20.8. The predicted molar refractivity (Wildman–Crippen MR) is 95.3 cm³/mol. The normalized spacial score (nSPS) is 14.8. The lowest BCUT2D eigenvalue weighted by atomic mass is 9.92. The molecule has 23 heavy (non-hydrogen) atoms. The highest BCUT2D eigenvalue weighted by Crippen LogP contribution is 2.26. The van der Waals surface area contributed by atoms with E-state index < -0.39 is 17.4 Å². The average Bonchev–Trinajstić information content (AvgIpc) is 2.54. The van der Waals surface area contributed by atoms with Crippen molar-refractivity contribution in [3.8, 4) is 0 Å². The Bertz CT molecular complexity index is 564. The molecule has 1 N–H and O–H groups in total. The van der Waals surface area contributed by atoms with E-state index in [9.17, 15) is 8.78 Å². The van der Waals surface area contributed by atoms with Crippen LogP contribution in [0.1, 0.15) is 26.7 Å². The fourth-order valence-corrected chi connectivity index (χ4v) is 1.69. The zero-order valence-corrected chi connectivity index (χ0v) is 14.0. The molecule has 0 saturated heterocycles. The SMILES string of the molecule is C=CC(C)CCC(C)C(=C)/C=C\C(=C)C(=C)/C(F)=C(/F)C(=C)O. The Balaban J connectivity index is 4.77. The Morgan fingerprint density at radius 3 is 2.04 bits per heavy atom. The van der Waals surface area contributed by atoms with Gasteiger partial charge in [0, 0.05) is 5.57 Å². The van der Waals surface area contributed by atoms with Crippen LogP contribution in [0.2, 0.25) is 0 Å². The topological polar surface area (TPSA) is 20.2 Å². The highest BCUT2D eigenvalue weighted by molar-refractivity contribution is 5.49. The fourth-order valence-electron chi connectivity index (χ4n) is 1.69. The highest BCUT2D eigenvalue weighted by atomic mass is 19.2. The summed E-state index contributed by atoms with van der Waals surface area (Å²) < 4.78 is 27.0. The molecular weight excluding hydrogens is 294 g/mol. The van der Waals surface area contributed by atoms with Crippen molar-refractivity contribution in [3.05, 3.63) is 85.3 Å². The van der Waals surface area contributed by atoms with Gasteiger partial charge in [-0.3, -0.25) is 0 Å². The number of aliphatic hydroxyl groups excluding tert-OH is 1. The second kappa shape index (κ2) is 9.78. The first-order valence-corrected chi connectivity index (χ1v) is 7.43. The van der Waals surface area contributed by atoms with Crippen LogP contribution in [-0.2, 0) is 0 Å². The van der Waals surface area contributed by atoms with Gasteiger partial charge in [0.05, 0.1) is 0 Å². The molecule has 0 aliphatic rings. The number of hydrogen-bond acceptors (Lipinski definition) is 1. The first-order valence-electron chi connectivity index (χ1n) is 7.43. The minimum Gasteiger partial charge on any atom is -0.505 e. The molecule has 1 nitrogen and oxygen atoms in total. The molecule has 0 heterocycles. The number of allylic oxidation sites excluding steroid dienone is 8. The van der Waals surface area contributed by atoms with Crippen LogP contribution in [0, 0.1) is 11.8 Å². The maximum atomic E-state index is 13.7. The second-order valence-electron chi connectivity index (χ2n) is 5.68. The average molecular weight is 320 g/mol.